The monoisotopic (exact) mass is 244 g/mol. The van der Waals surface area contributed by atoms with Crippen molar-refractivity contribution in [3.8, 4) is 0 Å². The molecule has 2 rings (SSSR count). The fraction of sp³-hybridized carbons (Fsp3) is 0.286. The molecular formula is C14H16N2O2. The lowest BCUT2D eigenvalue weighted by Gasteiger charge is -2.06. The van der Waals surface area contributed by atoms with Crippen molar-refractivity contribution in [1.29, 1.82) is 0 Å². The van der Waals surface area contributed by atoms with Crippen LogP contribution in [0.1, 0.15) is 12.0 Å². The van der Waals surface area contributed by atoms with E-state index in [9.17, 15) is 9.59 Å². The van der Waals surface area contributed by atoms with Crippen LogP contribution in [0.2, 0.25) is 0 Å². The first kappa shape index (κ1) is 12.4. The van der Waals surface area contributed by atoms with E-state index < -0.39 is 0 Å². The van der Waals surface area contributed by atoms with Crippen LogP contribution in [0, 0.1) is 0 Å². The third-order valence-corrected chi connectivity index (χ3v) is 2.97. The fourth-order valence-electron chi connectivity index (χ4n) is 1.88. The maximum absolute atomic E-state index is 11.8. The largest absolute Gasteiger partial charge is 0.330 e. The minimum Gasteiger partial charge on any atom is -0.300 e. The normalized spacial score (nSPS) is 10.5. The van der Waals surface area contributed by atoms with Crippen LogP contribution in [0.25, 0.3) is 0 Å². The van der Waals surface area contributed by atoms with Crippen molar-refractivity contribution in [2.24, 2.45) is 7.05 Å². The van der Waals surface area contributed by atoms with Crippen LogP contribution in [-0.4, -0.2) is 9.13 Å². The van der Waals surface area contributed by atoms with Crippen LogP contribution in [0.5, 0.6) is 0 Å². The average Bonchev–Trinajstić information content (AvgIpc) is 2.40. The summed E-state index contributed by atoms with van der Waals surface area (Å²) < 4.78 is 2.70. The maximum atomic E-state index is 11.8. The molecule has 0 fully saturated rings. The van der Waals surface area contributed by atoms with Gasteiger partial charge in [0.05, 0.1) is 0 Å². The summed E-state index contributed by atoms with van der Waals surface area (Å²) in [5.74, 6) is 0. The van der Waals surface area contributed by atoms with Crippen LogP contribution in [0.15, 0.2) is 52.2 Å². The quantitative estimate of drug-likeness (QED) is 0.810. The molecule has 18 heavy (non-hydrogen) atoms. The van der Waals surface area contributed by atoms with E-state index in [1.807, 2.05) is 18.2 Å². The molecule has 0 spiro atoms. The summed E-state index contributed by atoms with van der Waals surface area (Å²) in [5, 5.41) is 0. The number of aromatic nitrogens is 2. The van der Waals surface area contributed by atoms with Gasteiger partial charge in [-0.05, 0) is 18.4 Å². The zero-order valence-corrected chi connectivity index (χ0v) is 10.4. The third-order valence-electron chi connectivity index (χ3n) is 2.97. The van der Waals surface area contributed by atoms with Crippen LogP contribution < -0.4 is 11.2 Å². The predicted molar refractivity (Wildman–Crippen MR) is 70.7 cm³/mol. The van der Waals surface area contributed by atoms with E-state index in [1.165, 1.54) is 18.7 Å². The highest BCUT2D eigenvalue weighted by Crippen LogP contribution is 2.02. The Kier molecular flexibility index (Phi) is 3.77. The molecule has 0 radical (unpaired) electrons. The lowest BCUT2D eigenvalue weighted by Crippen LogP contribution is -2.36. The molecule has 0 aliphatic rings. The lowest BCUT2D eigenvalue weighted by atomic mass is 10.1. The SMILES string of the molecule is Cn1c(=O)ccn(CCCc2ccccc2)c1=O. The Morgan fingerprint density at radius 3 is 2.50 bits per heavy atom. The zero-order valence-electron chi connectivity index (χ0n) is 10.4. The highest BCUT2D eigenvalue weighted by molar-refractivity contribution is 5.14. The molecule has 94 valence electrons. The van der Waals surface area contributed by atoms with E-state index in [0.717, 1.165) is 17.4 Å². The van der Waals surface area contributed by atoms with Crippen LogP contribution in [0.4, 0.5) is 0 Å². The van der Waals surface area contributed by atoms with Crippen molar-refractivity contribution in [3.63, 3.8) is 0 Å². The molecule has 0 saturated carbocycles. The molecule has 0 atom stereocenters. The van der Waals surface area contributed by atoms with Gasteiger partial charge in [-0.2, -0.15) is 0 Å². The average molecular weight is 244 g/mol. The van der Waals surface area contributed by atoms with Gasteiger partial charge >= 0.3 is 5.69 Å². The summed E-state index contributed by atoms with van der Waals surface area (Å²) in [6, 6.07) is 11.6. The van der Waals surface area contributed by atoms with E-state index in [0.29, 0.717) is 6.54 Å². The molecule has 0 bridgehead atoms. The summed E-state index contributed by atoms with van der Waals surface area (Å²) in [7, 11) is 1.50. The van der Waals surface area contributed by atoms with Crippen molar-refractivity contribution in [2.45, 2.75) is 19.4 Å². The topological polar surface area (TPSA) is 44.0 Å². The molecule has 2 aromatic rings. The van der Waals surface area contributed by atoms with Gasteiger partial charge in [0, 0.05) is 25.9 Å². The van der Waals surface area contributed by atoms with Crippen molar-refractivity contribution < 1.29 is 0 Å². The van der Waals surface area contributed by atoms with Gasteiger partial charge in [-0.1, -0.05) is 30.3 Å². The third kappa shape index (κ3) is 2.77. The first-order valence-electron chi connectivity index (χ1n) is 5.99. The van der Waals surface area contributed by atoms with E-state index >= 15 is 0 Å². The van der Waals surface area contributed by atoms with Crippen LogP contribution in [0.3, 0.4) is 0 Å². The smallest absolute Gasteiger partial charge is 0.300 e. The molecule has 1 heterocycles. The van der Waals surface area contributed by atoms with Crippen LogP contribution >= 0.6 is 0 Å². The van der Waals surface area contributed by atoms with Crippen molar-refractivity contribution >= 4 is 0 Å². The van der Waals surface area contributed by atoms with Gasteiger partial charge in [-0.25, -0.2) is 4.79 Å². The lowest BCUT2D eigenvalue weighted by molar-refractivity contribution is 0.572. The Labute approximate surface area is 105 Å². The molecule has 0 unspecified atom stereocenters. The van der Waals surface area contributed by atoms with Crippen molar-refractivity contribution in [1.82, 2.24) is 9.13 Å². The number of rotatable bonds is 4. The molecule has 0 aliphatic heterocycles. The molecule has 0 N–H and O–H groups in total. The van der Waals surface area contributed by atoms with Gasteiger partial charge in [0.15, 0.2) is 0 Å². The fourth-order valence-corrected chi connectivity index (χ4v) is 1.88. The van der Waals surface area contributed by atoms with Gasteiger partial charge in [0.25, 0.3) is 5.56 Å². The molecular weight excluding hydrogens is 228 g/mol. The molecule has 0 amide bonds. The predicted octanol–water partition coefficient (Wildman–Crippen LogP) is 1.18. The van der Waals surface area contributed by atoms with Gasteiger partial charge < -0.3 is 4.57 Å². The van der Waals surface area contributed by atoms with Crippen molar-refractivity contribution in [3.05, 3.63) is 69.0 Å². The maximum Gasteiger partial charge on any atom is 0.330 e. The Hall–Kier alpha value is -2.10. The molecule has 4 heteroatoms. The number of nitrogens with zero attached hydrogens (tertiary/aromatic N) is 2. The summed E-state index contributed by atoms with van der Waals surface area (Å²) >= 11 is 0. The summed E-state index contributed by atoms with van der Waals surface area (Å²) in [5.41, 5.74) is 0.741. The molecule has 0 saturated heterocycles. The first-order chi connectivity index (χ1) is 8.68. The van der Waals surface area contributed by atoms with E-state index in [4.69, 9.17) is 0 Å². The molecule has 1 aromatic heterocycles. The molecule has 4 nitrogen and oxygen atoms in total. The van der Waals surface area contributed by atoms with Gasteiger partial charge in [-0.3, -0.25) is 9.36 Å². The number of benzene rings is 1. The second-order valence-electron chi connectivity index (χ2n) is 4.28. The second-order valence-corrected chi connectivity index (χ2v) is 4.28. The van der Waals surface area contributed by atoms with E-state index in [2.05, 4.69) is 12.1 Å². The first-order valence-corrected chi connectivity index (χ1v) is 5.99. The number of hydrogen-bond donors (Lipinski definition) is 0. The van der Waals surface area contributed by atoms with Crippen LogP contribution in [-0.2, 0) is 20.0 Å². The highest BCUT2D eigenvalue weighted by Gasteiger charge is 2.00. The number of aryl methyl sites for hydroxylation is 2. The summed E-state index contributed by atoms with van der Waals surface area (Å²) in [6.45, 7) is 0.627. The number of hydrogen-bond acceptors (Lipinski definition) is 2. The minimum absolute atomic E-state index is 0.254. The van der Waals surface area contributed by atoms with E-state index in [-0.39, 0.29) is 11.2 Å². The Balaban J connectivity index is 2.02. The minimum atomic E-state index is -0.265. The highest BCUT2D eigenvalue weighted by atomic mass is 16.2. The Morgan fingerprint density at radius 1 is 1.06 bits per heavy atom. The molecule has 1 aromatic carbocycles. The summed E-state index contributed by atoms with van der Waals surface area (Å²) in [4.78, 5) is 23.0. The standard InChI is InChI=1S/C14H16N2O2/c1-15-13(17)9-11-16(14(15)18)10-5-8-12-6-3-2-4-7-12/h2-4,6-7,9,11H,5,8,10H2,1H3. The zero-order chi connectivity index (χ0) is 13.0. The Bertz CT molecular complexity index is 626. The second kappa shape index (κ2) is 5.49. The van der Waals surface area contributed by atoms with Gasteiger partial charge in [0.2, 0.25) is 0 Å². The Morgan fingerprint density at radius 2 is 1.78 bits per heavy atom. The van der Waals surface area contributed by atoms with Gasteiger partial charge in [0.1, 0.15) is 0 Å². The van der Waals surface area contributed by atoms with Gasteiger partial charge in [-0.15, -0.1) is 0 Å². The van der Waals surface area contributed by atoms with Crippen molar-refractivity contribution in [2.75, 3.05) is 0 Å². The molecule has 0 aliphatic carbocycles. The van der Waals surface area contributed by atoms with E-state index in [1.54, 1.807) is 10.8 Å². The summed E-state index contributed by atoms with van der Waals surface area (Å²) in [6.07, 6.45) is 3.37.